The van der Waals surface area contributed by atoms with Crippen molar-refractivity contribution in [2.45, 2.75) is 58.4 Å². The van der Waals surface area contributed by atoms with Crippen LogP contribution in [0.2, 0.25) is 0 Å². The molecule has 3 N–H and O–H groups in total. The molecule has 2 fully saturated rings. The van der Waals surface area contributed by atoms with Gasteiger partial charge < -0.3 is 16.0 Å². The van der Waals surface area contributed by atoms with Gasteiger partial charge in [0.25, 0.3) is 0 Å². The minimum Gasteiger partial charge on any atom is -0.356 e. The van der Waals surface area contributed by atoms with Crippen molar-refractivity contribution in [1.82, 2.24) is 16.0 Å². The van der Waals surface area contributed by atoms with Gasteiger partial charge in [-0.05, 0) is 64.2 Å². The third kappa shape index (κ3) is 5.18. The second-order valence-electron chi connectivity index (χ2n) is 7.87. The molecule has 0 saturated heterocycles. The zero-order valence-electron chi connectivity index (χ0n) is 14.5. The summed E-state index contributed by atoms with van der Waals surface area (Å²) in [6.07, 6.45) is 7.00. The van der Waals surface area contributed by atoms with E-state index < -0.39 is 0 Å². The summed E-state index contributed by atoms with van der Waals surface area (Å²) in [6.45, 7) is 7.13. The Bertz CT molecular complexity index is 413. The fourth-order valence-corrected chi connectivity index (χ4v) is 3.95. The van der Waals surface area contributed by atoms with E-state index in [1.807, 2.05) is 20.8 Å². The molecule has 0 aromatic heterocycles. The molecule has 126 valence electrons. The number of carbonyl (C=O) groups excluding carboxylic acids is 1. The van der Waals surface area contributed by atoms with E-state index in [1.54, 1.807) is 7.05 Å². The van der Waals surface area contributed by atoms with E-state index in [0.29, 0.717) is 5.96 Å². The highest BCUT2D eigenvalue weighted by Crippen LogP contribution is 2.49. The predicted molar refractivity (Wildman–Crippen MR) is 90.8 cm³/mol. The summed E-state index contributed by atoms with van der Waals surface area (Å²) in [7, 11) is 1.74. The molecule has 2 bridgehead atoms. The summed E-state index contributed by atoms with van der Waals surface area (Å²) < 4.78 is 0. The topological polar surface area (TPSA) is 65.5 Å². The summed E-state index contributed by atoms with van der Waals surface area (Å²) >= 11 is 0. The summed E-state index contributed by atoms with van der Waals surface area (Å²) in [4.78, 5) is 16.0. The average molecular weight is 308 g/mol. The summed E-state index contributed by atoms with van der Waals surface area (Å²) in [5.41, 5.74) is -0.197. The van der Waals surface area contributed by atoms with Crippen LogP contribution >= 0.6 is 0 Å². The molecular formula is C17H32N4O. The van der Waals surface area contributed by atoms with Crippen molar-refractivity contribution >= 4 is 11.9 Å². The Kier molecular flexibility index (Phi) is 5.70. The number of guanidine groups is 1. The minimum atomic E-state index is -0.197. The molecule has 3 atom stereocenters. The highest BCUT2D eigenvalue weighted by molar-refractivity contribution is 5.86. The Balaban J connectivity index is 1.62. The first-order valence-electron chi connectivity index (χ1n) is 8.63. The van der Waals surface area contributed by atoms with Crippen LogP contribution in [0, 0.1) is 17.8 Å². The summed E-state index contributed by atoms with van der Waals surface area (Å²) in [5.74, 6) is 3.58. The van der Waals surface area contributed by atoms with Crippen molar-refractivity contribution in [1.29, 1.82) is 0 Å². The molecule has 0 aromatic rings. The molecule has 2 aliphatic rings. The smallest absolute Gasteiger partial charge is 0.239 e. The highest BCUT2D eigenvalue weighted by atomic mass is 16.2. The Morgan fingerprint density at radius 1 is 1.18 bits per heavy atom. The number of rotatable bonds is 5. The van der Waals surface area contributed by atoms with Crippen molar-refractivity contribution < 1.29 is 4.79 Å². The second kappa shape index (κ2) is 7.34. The first-order chi connectivity index (χ1) is 10.4. The van der Waals surface area contributed by atoms with E-state index in [2.05, 4.69) is 20.9 Å². The first kappa shape index (κ1) is 17.1. The van der Waals surface area contributed by atoms with Gasteiger partial charge in [-0.1, -0.05) is 6.42 Å². The maximum absolute atomic E-state index is 11.8. The molecule has 0 aromatic carbocycles. The van der Waals surface area contributed by atoms with Gasteiger partial charge in [-0.25, -0.2) is 0 Å². The third-order valence-electron chi connectivity index (χ3n) is 4.85. The predicted octanol–water partition coefficient (Wildman–Crippen LogP) is 1.89. The van der Waals surface area contributed by atoms with Crippen LogP contribution in [-0.4, -0.2) is 37.5 Å². The lowest BCUT2D eigenvalue weighted by Gasteiger charge is -2.23. The zero-order valence-corrected chi connectivity index (χ0v) is 14.5. The SMILES string of the molecule is CN=C(NCCC1CC2CCC1C2)NCC(=O)NC(C)(C)C. The molecular weight excluding hydrogens is 276 g/mol. The normalized spacial score (nSPS) is 27.8. The molecule has 0 heterocycles. The van der Waals surface area contributed by atoms with E-state index in [1.165, 1.54) is 32.1 Å². The number of nitrogens with one attached hydrogen (secondary N) is 3. The van der Waals surface area contributed by atoms with Crippen molar-refractivity contribution in [2.75, 3.05) is 20.1 Å². The first-order valence-corrected chi connectivity index (χ1v) is 8.63. The Labute approximate surface area is 134 Å². The maximum Gasteiger partial charge on any atom is 0.239 e. The summed E-state index contributed by atoms with van der Waals surface area (Å²) in [6, 6.07) is 0. The maximum atomic E-state index is 11.8. The Morgan fingerprint density at radius 2 is 1.95 bits per heavy atom. The van der Waals surface area contributed by atoms with Crippen LogP contribution in [0.5, 0.6) is 0 Å². The molecule has 2 rings (SSSR count). The molecule has 5 heteroatoms. The van der Waals surface area contributed by atoms with Crippen molar-refractivity contribution in [3.05, 3.63) is 0 Å². The second-order valence-corrected chi connectivity index (χ2v) is 7.87. The number of hydrogen-bond donors (Lipinski definition) is 3. The molecule has 5 nitrogen and oxygen atoms in total. The van der Waals surface area contributed by atoms with Gasteiger partial charge in [0.05, 0.1) is 6.54 Å². The van der Waals surface area contributed by atoms with E-state index in [-0.39, 0.29) is 18.0 Å². The van der Waals surface area contributed by atoms with Gasteiger partial charge in [-0.15, -0.1) is 0 Å². The molecule has 0 spiro atoms. The van der Waals surface area contributed by atoms with Crippen molar-refractivity contribution in [3.8, 4) is 0 Å². The molecule has 0 radical (unpaired) electrons. The quantitative estimate of drug-likeness (QED) is 0.537. The van der Waals surface area contributed by atoms with E-state index >= 15 is 0 Å². The molecule has 22 heavy (non-hydrogen) atoms. The lowest BCUT2D eigenvalue weighted by atomic mass is 9.86. The lowest BCUT2D eigenvalue weighted by Crippen LogP contribution is -2.48. The summed E-state index contributed by atoms with van der Waals surface area (Å²) in [5, 5.41) is 9.34. The minimum absolute atomic E-state index is 0.0106. The van der Waals surface area contributed by atoms with Crippen LogP contribution in [0.25, 0.3) is 0 Å². The zero-order chi connectivity index (χ0) is 16.2. The molecule has 2 aliphatic carbocycles. The number of aliphatic imine (C=N–C) groups is 1. The largest absolute Gasteiger partial charge is 0.356 e. The monoisotopic (exact) mass is 308 g/mol. The van der Waals surface area contributed by atoms with Crippen LogP contribution in [0.15, 0.2) is 4.99 Å². The van der Waals surface area contributed by atoms with Gasteiger partial charge in [0.1, 0.15) is 0 Å². The van der Waals surface area contributed by atoms with Gasteiger partial charge in [0.15, 0.2) is 5.96 Å². The number of fused-ring (bicyclic) bond motifs is 2. The fraction of sp³-hybridized carbons (Fsp3) is 0.882. The van der Waals surface area contributed by atoms with Gasteiger partial charge in [-0.2, -0.15) is 0 Å². The van der Waals surface area contributed by atoms with Gasteiger partial charge in [0, 0.05) is 19.1 Å². The number of hydrogen-bond acceptors (Lipinski definition) is 2. The number of nitrogens with zero attached hydrogens (tertiary/aromatic N) is 1. The standard InChI is InChI=1S/C17H32N4O/c1-17(2,3)21-15(22)11-20-16(18-4)19-8-7-14-10-12-5-6-13(14)9-12/h12-14H,5-11H2,1-4H3,(H,21,22)(H2,18,19,20). The third-order valence-corrected chi connectivity index (χ3v) is 4.85. The van der Waals surface area contributed by atoms with Crippen LogP contribution in [0.3, 0.4) is 0 Å². The van der Waals surface area contributed by atoms with Crippen LogP contribution in [0.4, 0.5) is 0 Å². The fourth-order valence-electron chi connectivity index (χ4n) is 3.95. The van der Waals surface area contributed by atoms with Gasteiger partial charge in [0.2, 0.25) is 5.91 Å². The van der Waals surface area contributed by atoms with Gasteiger partial charge in [-0.3, -0.25) is 9.79 Å². The molecule has 3 unspecified atom stereocenters. The Morgan fingerprint density at radius 3 is 2.50 bits per heavy atom. The average Bonchev–Trinajstić information content (AvgIpc) is 3.03. The number of amides is 1. The van der Waals surface area contributed by atoms with Crippen molar-refractivity contribution in [3.63, 3.8) is 0 Å². The van der Waals surface area contributed by atoms with Crippen LogP contribution in [-0.2, 0) is 4.79 Å². The number of carbonyl (C=O) groups is 1. The van der Waals surface area contributed by atoms with Crippen LogP contribution < -0.4 is 16.0 Å². The van der Waals surface area contributed by atoms with Gasteiger partial charge >= 0.3 is 0 Å². The lowest BCUT2D eigenvalue weighted by molar-refractivity contribution is -0.121. The molecule has 2 saturated carbocycles. The highest BCUT2D eigenvalue weighted by Gasteiger charge is 2.38. The Hall–Kier alpha value is -1.26. The molecule has 0 aliphatic heterocycles. The van der Waals surface area contributed by atoms with Crippen LogP contribution in [0.1, 0.15) is 52.9 Å². The van der Waals surface area contributed by atoms with E-state index in [0.717, 1.165) is 24.3 Å². The van der Waals surface area contributed by atoms with Crippen molar-refractivity contribution in [2.24, 2.45) is 22.7 Å². The van der Waals surface area contributed by atoms with E-state index in [4.69, 9.17) is 0 Å². The molecule has 1 amide bonds. The van der Waals surface area contributed by atoms with E-state index in [9.17, 15) is 4.79 Å².